The van der Waals surface area contributed by atoms with Gasteiger partial charge in [0.2, 0.25) is 0 Å². The zero-order chi connectivity index (χ0) is 25.6. The molecule has 1 aliphatic carbocycles. The van der Waals surface area contributed by atoms with E-state index in [4.69, 9.17) is 5.73 Å². The van der Waals surface area contributed by atoms with Gasteiger partial charge in [-0.25, -0.2) is 9.97 Å². The summed E-state index contributed by atoms with van der Waals surface area (Å²) < 4.78 is 39.1. The molecule has 0 spiro atoms. The summed E-state index contributed by atoms with van der Waals surface area (Å²) in [4.78, 5) is 29.8. The van der Waals surface area contributed by atoms with Gasteiger partial charge in [-0.3, -0.25) is 9.78 Å². The Balaban J connectivity index is 1.54. The number of thiazole rings is 1. The van der Waals surface area contributed by atoms with Crippen molar-refractivity contribution in [3.63, 3.8) is 0 Å². The molecule has 1 unspecified atom stereocenters. The molecule has 1 aliphatic rings. The molecule has 1 atom stereocenters. The number of benzene rings is 1. The molecule has 3 aromatic heterocycles. The van der Waals surface area contributed by atoms with Gasteiger partial charge in [-0.1, -0.05) is 0 Å². The fourth-order valence-corrected chi connectivity index (χ4v) is 5.72. The molecule has 0 bridgehead atoms. The number of aryl methyl sites for hydroxylation is 3. The SMILES string of the molecule is Cc1nc2c(s1)C(N(Cc1ccc(C(F)(F)F)cn1)C(=O)c1ccc3nc(N)c(C)cc3c1)CCC2. The highest BCUT2D eigenvalue weighted by Crippen LogP contribution is 2.39. The van der Waals surface area contributed by atoms with Gasteiger partial charge < -0.3 is 10.6 Å². The molecule has 5 rings (SSSR count). The first kappa shape index (κ1) is 24.2. The number of amides is 1. The van der Waals surface area contributed by atoms with E-state index in [2.05, 4.69) is 15.0 Å². The maximum absolute atomic E-state index is 13.9. The van der Waals surface area contributed by atoms with Crippen LogP contribution in [0.25, 0.3) is 10.9 Å². The maximum atomic E-state index is 13.9. The average molecular weight is 512 g/mol. The van der Waals surface area contributed by atoms with Crippen molar-refractivity contribution in [1.29, 1.82) is 0 Å². The number of nitrogens with zero attached hydrogens (tertiary/aromatic N) is 4. The van der Waals surface area contributed by atoms with Crippen LogP contribution in [0.4, 0.5) is 19.0 Å². The Bertz CT molecular complexity index is 1450. The average Bonchev–Trinajstić information content (AvgIpc) is 3.23. The molecule has 0 radical (unpaired) electrons. The lowest BCUT2D eigenvalue weighted by atomic mass is 9.95. The fraction of sp³-hybridized carbons (Fsp3) is 0.308. The standard InChI is InChI=1S/C26H24F3N5OS/c1-14-10-17-11-16(6-9-20(17)33-24(14)30)25(35)34(13-19-8-7-18(12-31-19)26(27,28)29)22-5-3-4-21-23(22)36-15(2)32-21/h6-12,22H,3-5,13H2,1-2H3,(H2,30,33). The topological polar surface area (TPSA) is 85.0 Å². The molecule has 4 aromatic rings. The summed E-state index contributed by atoms with van der Waals surface area (Å²) in [5.41, 5.74) is 8.45. The summed E-state index contributed by atoms with van der Waals surface area (Å²) in [6.07, 6.45) is -1.20. The highest BCUT2D eigenvalue weighted by atomic mass is 32.1. The van der Waals surface area contributed by atoms with Gasteiger partial charge >= 0.3 is 6.18 Å². The molecule has 0 fully saturated rings. The van der Waals surface area contributed by atoms with Crippen LogP contribution in [0, 0.1) is 13.8 Å². The zero-order valence-corrected chi connectivity index (χ0v) is 20.6. The number of carbonyl (C=O) groups is 1. The molecule has 6 nitrogen and oxygen atoms in total. The molecule has 186 valence electrons. The third-order valence-electron chi connectivity index (χ3n) is 6.44. The number of anilines is 1. The summed E-state index contributed by atoms with van der Waals surface area (Å²) in [7, 11) is 0. The summed E-state index contributed by atoms with van der Waals surface area (Å²) in [6, 6.07) is 9.24. The minimum Gasteiger partial charge on any atom is -0.383 e. The number of hydrogen-bond donors (Lipinski definition) is 1. The summed E-state index contributed by atoms with van der Waals surface area (Å²) in [6.45, 7) is 3.87. The fourth-order valence-electron chi connectivity index (χ4n) is 4.60. The lowest BCUT2D eigenvalue weighted by Gasteiger charge is -2.34. The largest absolute Gasteiger partial charge is 0.417 e. The number of halogens is 3. The number of hydrogen-bond acceptors (Lipinski definition) is 6. The summed E-state index contributed by atoms with van der Waals surface area (Å²) in [5.74, 6) is 0.212. The predicted octanol–water partition coefficient (Wildman–Crippen LogP) is 6.02. The number of aromatic nitrogens is 3. The van der Waals surface area contributed by atoms with Gasteiger partial charge in [-0.15, -0.1) is 11.3 Å². The van der Waals surface area contributed by atoms with E-state index < -0.39 is 11.7 Å². The lowest BCUT2D eigenvalue weighted by Crippen LogP contribution is -2.36. The van der Waals surface area contributed by atoms with Gasteiger partial charge in [0.15, 0.2) is 0 Å². The number of fused-ring (bicyclic) bond motifs is 2. The van der Waals surface area contributed by atoms with Crippen molar-refractivity contribution in [3.8, 4) is 0 Å². The minimum absolute atomic E-state index is 0.0784. The number of carbonyl (C=O) groups excluding carboxylic acids is 1. The quantitative estimate of drug-likeness (QED) is 0.362. The summed E-state index contributed by atoms with van der Waals surface area (Å²) >= 11 is 1.56. The van der Waals surface area contributed by atoms with E-state index in [0.29, 0.717) is 22.6 Å². The third kappa shape index (κ3) is 4.65. The monoisotopic (exact) mass is 511 g/mol. The third-order valence-corrected chi connectivity index (χ3v) is 7.56. The van der Waals surface area contributed by atoms with E-state index in [9.17, 15) is 18.0 Å². The van der Waals surface area contributed by atoms with Crippen molar-refractivity contribution in [2.75, 3.05) is 5.73 Å². The molecule has 0 aliphatic heterocycles. The normalized spacial score (nSPS) is 15.6. The van der Waals surface area contributed by atoms with Crippen molar-refractivity contribution in [2.45, 2.75) is 51.9 Å². The van der Waals surface area contributed by atoms with Gasteiger partial charge in [-0.2, -0.15) is 13.2 Å². The first-order chi connectivity index (χ1) is 17.1. The van der Waals surface area contributed by atoms with Crippen molar-refractivity contribution < 1.29 is 18.0 Å². The number of rotatable bonds is 4. The van der Waals surface area contributed by atoms with Crippen LogP contribution in [0.2, 0.25) is 0 Å². The molecule has 0 saturated carbocycles. The summed E-state index contributed by atoms with van der Waals surface area (Å²) in [5, 5.41) is 1.72. The van der Waals surface area contributed by atoms with E-state index in [1.165, 1.54) is 6.07 Å². The smallest absolute Gasteiger partial charge is 0.383 e. The van der Waals surface area contributed by atoms with Crippen molar-refractivity contribution in [1.82, 2.24) is 19.9 Å². The number of alkyl halides is 3. The molecule has 1 aromatic carbocycles. The van der Waals surface area contributed by atoms with E-state index in [-0.39, 0.29) is 18.5 Å². The Morgan fingerprint density at radius 1 is 1.17 bits per heavy atom. The Hall–Kier alpha value is -3.53. The van der Waals surface area contributed by atoms with Crippen molar-refractivity contribution in [2.24, 2.45) is 0 Å². The van der Waals surface area contributed by atoms with E-state index in [0.717, 1.165) is 58.1 Å². The van der Waals surface area contributed by atoms with Crippen LogP contribution in [-0.2, 0) is 19.1 Å². The van der Waals surface area contributed by atoms with Crippen LogP contribution >= 0.6 is 11.3 Å². The van der Waals surface area contributed by atoms with Gasteiger partial charge in [0.1, 0.15) is 5.82 Å². The van der Waals surface area contributed by atoms with Crippen LogP contribution in [0.3, 0.4) is 0 Å². The van der Waals surface area contributed by atoms with Crippen LogP contribution in [0.5, 0.6) is 0 Å². The molecule has 2 N–H and O–H groups in total. The second-order valence-electron chi connectivity index (χ2n) is 9.02. The maximum Gasteiger partial charge on any atom is 0.417 e. The second kappa shape index (κ2) is 9.16. The molecular weight excluding hydrogens is 487 g/mol. The van der Waals surface area contributed by atoms with Crippen molar-refractivity contribution in [3.05, 3.63) is 80.6 Å². The molecule has 3 heterocycles. The molecule has 0 saturated heterocycles. The number of nitrogen functional groups attached to an aromatic ring is 1. The van der Waals surface area contributed by atoms with Gasteiger partial charge in [0.05, 0.1) is 44.9 Å². The van der Waals surface area contributed by atoms with Crippen LogP contribution in [0.15, 0.2) is 42.6 Å². The molecule has 1 amide bonds. The molecule has 36 heavy (non-hydrogen) atoms. The zero-order valence-electron chi connectivity index (χ0n) is 19.8. The molecular formula is C26H24F3N5OS. The Kier molecular flexibility index (Phi) is 6.15. The highest BCUT2D eigenvalue weighted by Gasteiger charge is 2.34. The Morgan fingerprint density at radius 3 is 2.69 bits per heavy atom. The Morgan fingerprint density at radius 2 is 1.97 bits per heavy atom. The predicted molar refractivity (Wildman–Crippen MR) is 133 cm³/mol. The van der Waals surface area contributed by atoms with Crippen LogP contribution < -0.4 is 5.73 Å². The number of nitrogens with two attached hydrogens (primary N) is 1. The first-order valence-corrected chi connectivity index (χ1v) is 12.4. The minimum atomic E-state index is -4.47. The molecule has 10 heteroatoms. The first-order valence-electron chi connectivity index (χ1n) is 11.6. The van der Waals surface area contributed by atoms with Crippen LogP contribution in [-0.4, -0.2) is 25.8 Å². The van der Waals surface area contributed by atoms with Crippen LogP contribution in [0.1, 0.15) is 61.6 Å². The highest BCUT2D eigenvalue weighted by molar-refractivity contribution is 7.11. The Labute approximate surface area is 210 Å². The van der Waals surface area contributed by atoms with Gasteiger partial charge in [0, 0.05) is 17.1 Å². The van der Waals surface area contributed by atoms with Crippen molar-refractivity contribution >= 4 is 34.0 Å². The van der Waals surface area contributed by atoms with E-state index in [1.807, 2.05) is 19.9 Å². The van der Waals surface area contributed by atoms with E-state index in [1.54, 1.807) is 34.4 Å². The van der Waals surface area contributed by atoms with Gasteiger partial charge in [-0.05, 0) is 75.1 Å². The lowest BCUT2D eigenvalue weighted by molar-refractivity contribution is -0.137. The van der Waals surface area contributed by atoms with Gasteiger partial charge in [0.25, 0.3) is 5.91 Å². The van der Waals surface area contributed by atoms with E-state index >= 15 is 0 Å². The number of pyridine rings is 2. The second-order valence-corrected chi connectivity index (χ2v) is 10.3.